The predicted molar refractivity (Wildman–Crippen MR) is 117 cm³/mol. The lowest BCUT2D eigenvalue weighted by Crippen LogP contribution is -2.40. The number of hydrogen-bond acceptors (Lipinski definition) is 2. The highest BCUT2D eigenvalue weighted by atomic mass is 16.1. The molecule has 4 heteroatoms. The maximum absolute atomic E-state index is 11.5. The largest absolute Gasteiger partial charge is 0.325 e. The number of hydrogen-bond donors (Lipinski definition) is 0. The Hall–Kier alpha value is -2.04. The van der Waals surface area contributed by atoms with Crippen LogP contribution in [-0.2, 0) is 22.7 Å². The van der Waals surface area contributed by atoms with Crippen LogP contribution in [-0.4, -0.2) is 61.8 Å². The molecule has 0 aliphatic carbocycles. The first kappa shape index (κ1) is 24.0. The second-order valence-electron chi connectivity index (χ2n) is 9.00. The van der Waals surface area contributed by atoms with Crippen molar-refractivity contribution in [1.29, 1.82) is 0 Å². The van der Waals surface area contributed by atoms with Gasteiger partial charge in [-0.1, -0.05) is 37.4 Å². The molecule has 1 aromatic rings. The van der Waals surface area contributed by atoms with Gasteiger partial charge in [-0.2, -0.15) is 0 Å². The summed E-state index contributed by atoms with van der Waals surface area (Å²) in [7, 11) is 8.78. The molecule has 0 aliphatic rings. The van der Waals surface area contributed by atoms with Crippen LogP contribution in [0.15, 0.2) is 49.6 Å². The van der Waals surface area contributed by atoms with E-state index in [0.29, 0.717) is 12.8 Å². The maximum atomic E-state index is 11.5. The van der Waals surface area contributed by atoms with E-state index in [-0.39, 0.29) is 11.6 Å². The summed E-state index contributed by atoms with van der Waals surface area (Å²) in [6.07, 6.45) is 5.93. The Morgan fingerprint density at radius 2 is 1.18 bits per heavy atom. The molecule has 1 aromatic carbocycles. The Morgan fingerprint density at radius 1 is 0.750 bits per heavy atom. The molecule has 0 fully saturated rings. The van der Waals surface area contributed by atoms with Gasteiger partial charge in [0.1, 0.15) is 13.1 Å². The fourth-order valence-electron chi connectivity index (χ4n) is 3.35. The van der Waals surface area contributed by atoms with E-state index in [1.807, 2.05) is 0 Å². The highest BCUT2D eigenvalue weighted by molar-refractivity contribution is 5.89. The molecule has 28 heavy (non-hydrogen) atoms. The van der Waals surface area contributed by atoms with Crippen LogP contribution in [0.2, 0.25) is 0 Å². The lowest BCUT2D eigenvalue weighted by Gasteiger charge is -2.31. The van der Waals surface area contributed by atoms with Gasteiger partial charge >= 0.3 is 0 Å². The van der Waals surface area contributed by atoms with E-state index in [0.717, 1.165) is 48.0 Å². The zero-order valence-corrected chi connectivity index (χ0v) is 18.2. The van der Waals surface area contributed by atoms with Gasteiger partial charge in [-0.25, -0.2) is 0 Å². The summed E-state index contributed by atoms with van der Waals surface area (Å²) in [5.74, 6) is 0.242. The molecule has 154 valence electrons. The highest BCUT2D eigenvalue weighted by Gasteiger charge is 2.18. The second-order valence-corrected chi connectivity index (χ2v) is 9.00. The van der Waals surface area contributed by atoms with Gasteiger partial charge < -0.3 is 8.97 Å². The summed E-state index contributed by atoms with van der Waals surface area (Å²) < 4.78 is 1.69. The number of quaternary nitrogens is 2. The summed E-state index contributed by atoms with van der Waals surface area (Å²) in [4.78, 5) is 22.8. The molecular formula is C24H38N2O2+2. The lowest BCUT2D eigenvalue weighted by atomic mass is 10.1. The van der Waals surface area contributed by atoms with Gasteiger partial charge in [-0.3, -0.25) is 9.59 Å². The number of carbonyl (C=O) groups is 2. The molecule has 0 aliphatic heterocycles. The van der Waals surface area contributed by atoms with Gasteiger partial charge in [0.05, 0.1) is 47.7 Å². The Kier molecular flexibility index (Phi) is 9.50. The van der Waals surface area contributed by atoms with Crippen molar-refractivity contribution in [2.24, 2.45) is 0 Å². The minimum atomic E-state index is 0.107. The van der Waals surface area contributed by atoms with Crippen LogP contribution in [0.1, 0.15) is 36.8 Å². The second kappa shape index (κ2) is 11.1. The Balaban J connectivity index is 2.52. The zero-order chi connectivity index (χ0) is 21.2. The number of rotatable bonds is 14. The number of benzene rings is 1. The van der Waals surface area contributed by atoms with E-state index in [9.17, 15) is 9.59 Å². The van der Waals surface area contributed by atoms with Gasteiger partial charge in [0.15, 0.2) is 11.6 Å². The number of ketones is 2. The quantitative estimate of drug-likeness (QED) is 0.276. The molecule has 0 N–H and O–H groups in total. The molecule has 0 aromatic heterocycles. The third-order valence-electron chi connectivity index (χ3n) is 5.10. The van der Waals surface area contributed by atoms with Crippen molar-refractivity contribution >= 4 is 11.6 Å². The van der Waals surface area contributed by atoms with Crippen LogP contribution in [0.3, 0.4) is 0 Å². The average Bonchev–Trinajstić information content (AvgIpc) is 2.64. The Morgan fingerprint density at radius 3 is 1.64 bits per heavy atom. The van der Waals surface area contributed by atoms with Crippen molar-refractivity contribution in [3.05, 3.63) is 60.7 Å². The van der Waals surface area contributed by atoms with Crippen LogP contribution in [0.25, 0.3) is 0 Å². The van der Waals surface area contributed by atoms with Crippen molar-refractivity contribution in [2.75, 3.05) is 41.3 Å². The molecule has 0 spiro atoms. The van der Waals surface area contributed by atoms with Crippen LogP contribution in [0.5, 0.6) is 0 Å². The molecule has 0 saturated heterocycles. The molecule has 4 nitrogen and oxygen atoms in total. The summed E-state index contributed by atoms with van der Waals surface area (Å²) in [6, 6.07) is 8.83. The third-order valence-corrected chi connectivity index (χ3v) is 5.10. The summed E-state index contributed by atoms with van der Waals surface area (Å²) in [6.45, 7) is 10.8. The molecule has 0 radical (unpaired) electrons. The minimum absolute atomic E-state index is 0.107. The fraction of sp³-hybridized carbons (Fsp3) is 0.500. The maximum Gasteiger partial charge on any atom is 0.160 e. The van der Waals surface area contributed by atoms with Gasteiger partial charge in [0, 0.05) is 17.5 Å². The average molecular weight is 387 g/mol. The van der Waals surface area contributed by atoms with Crippen molar-refractivity contribution < 1.29 is 18.6 Å². The molecule has 0 heterocycles. The molecular weight excluding hydrogens is 348 g/mol. The van der Waals surface area contributed by atoms with Crippen molar-refractivity contribution in [3.8, 4) is 0 Å². The van der Waals surface area contributed by atoms with Gasteiger partial charge in [0.25, 0.3) is 0 Å². The third kappa shape index (κ3) is 9.77. The van der Waals surface area contributed by atoms with E-state index < -0.39 is 0 Å². The lowest BCUT2D eigenvalue weighted by molar-refractivity contribution is -0.903. The van der Waals surface area contributed by atoms with Crippen molar-refractivity contribution in [3.63, 3.8) is 0 Å². The van der Waals surface area contributed by atoms with Gasteiger partial charge in [-0.05, 0) is 25.0 Å². The SMILES string of the molecule is C=CC(=O)CCCC[N+](C)(C)Cc1ccc(C[N+](C)(C)CCC(=O)C=C)cc1. The molecule has 0 atom stereocenters. The molecule has 1 rings (SSSR count). The van der Waals surface area contributed by atoms with E-state index >= 15 is 0 Å². The zero-order valence-electron chi connectivity index (χ0n) is 18.2. The van der Waals surface area contributed by atoms with Crippen LogP contribution in [0.4, 0.5) is 0 Å². The molecule has 0 amide bonds. The highest BCUT2D eigenvalue weighted by Crippen LogP contribution is 2.15. The van der Waals surface area contributed by atoms with E-state index in [2.05, 4.69) is 65.6 Å². The number of allylic oxidation sites excluding steroid dienone is 2. The number of carbonyl (C=O) groups excluding carboxylic acids is 2. The van der Waals surface area contributed by atoms with Crippen molar-refractivity contribution in [2.45, 2.75) is 38.8 Å². The Labute approximate surface area is 171 Å². The van der Waals surface area contributed by atoms with Gasteiger partial charge in [-0.15, -0.1) is 0 Å². The van der Waals surface area contributed by atoms with Crippen LogP contribution in [0, 0.1) is 0 Å². The van der Waals surface area contributed by atoms with E-state index in [1.54, 1.807) is 0 Å². The fourth-order valence-corrected chi connectivity index (χ4v) is 3.35. The molecule has 0 unspecified atom stereocenters. The predicted octanol–water partition coefficient (Wildman–Crippen LogP) is 3.91. The van der Waals surface area contributed by atoms with Crippen LogP contribution >= 0.6 is 0 Å². The first-order chi connectivity index (χ1) is 13.1. The molecule has 0 saturated carbocycles. The summed E-state index contributed by atoms with van der Waals surface area (Å²) in [5.41, 5.74) is 2.61. The number of unbranched alkanes of at least 4 members (excludes halogenated alkanes) is 1. The standard InChI is InChI=1S/C24H38N2O2/c1-7-23(27)11-9-10-17-25(3,4)19-21-12-14-22(15-13-21)20-26(5,6)18-16-24(28)8-2/h7-8,12-15H,1-2,9-11,16-20H2,3-6H3/q+2. The topological polar surface area (TPSA) is 34.1 Å². The normalized spacial score (nSPS) is 11.9. The first-order valence-corrected chi connectivity index (χ1v) is 10.1. The van der Waals surface area contributed by atoms with Crippen LogP contribution < -0.4 is 0 Å². The van der Waals surface area contributed by atoms with Crippen molar-refractivity contribution in [1.82, 2.24) is 0 Å². The van der Waals surface area contributed by atoms with Gasteiger partial charge in [0.2, 0.25) is 0 Å². The minimum Gasteiger partial charge on any atom is -0.325 e. The first-order valence-electron chi connectivity index (χ1n) is 10.1. The smallest absolute Gasteiger partial charge is 0.160 e. The monoisotopic (exact) mass is 386 g/mol. The summed E-state index contributed by atoms with van der Waals surface area (Å²) in [5, 5.41) is 0. The van der Waals surface area contributed by atoms with E-state index in [1.165, 1.54) is 23.3 Å². The number of nitrogens with zero attached hydrogens (tertiary/aromatic N) is 2. The summed E-state index contributed by atoms with van der Waals surface area (Å²) >= 11 is 0. The molecule has 0 bridgehead atoms. The van der Waals surface area contributed by atoms with E-state index in [4.69, 9.17) is 0 Å². The Bertz CT molecular complexity index is 672.